The molecule has 0 bridgehead atoms. The van der Waals surface area contributed by atoms with Gasteiger partial charge in [0.1, 0.15) is 11.6 Å². The fraction of sp³-hybridized carbons (Fsp3) is 0.171. The molecule has 6 rings (SSSR count). The predicted molar refractivity (Wildman–Crippen MR) is 212 cm³/mol. The van der Waals surface area contributed by atoms with Crippen LogP contribution in [0.3, 0.4) is 0 Å². The first-order valence-electron chi connectivity index (χ1n) is 17.5. The van der Waals surface area contributed by atoms with Crippen molar-refractivity contribution in [1.29, 1.82) is 0 Å². The van der Waals surface area contributed by atoms with E-state index in [4.69, 9.17) is 5.73 Å². The van der Waals surface area contributed by atoms with Crippen molar-refractivity contribution in [2.24, 2.45) is 4.99 Å². The zero-order valence-electron chi connectivity index (χ0n) is 32.4. The van der Waals surface area contributed by atoms with E-state index in [0.717, 1.165) is 30.3 Å². The summed E-state index contributed by atoms with van der Waals surface area (Å²) in [6.45, 7) is 2.73. The van der Waals surface area contributed by atoms with Gasteiger partial charge in [0.25, 0.3) is 0 Å². The smallest absolute Gasteiger partial charge is 0.384 e. The molecule has 0 fully saturated rings. The second-order valence-corrected chi connectivity index (χ2v) is 12.7. The molecule has 65 heavy (non-hydrogen) atoms. The Morgan fingerprint density at radius 3 is 1.58 bits per heavy atom. The van der Waals surface area contributed by atoms with Crippen molar-refractivity contribution in [3.05, 3.63) is 143 Å². The number of anilines is 3. The summed E-state index contributed by atoms with van der Waals surface area (Å²) in [5, 5.41) is 10.7. The van der Waals surface area contributed by atoms with E-state index in [9.17, 15) is 71.9 Å². The number of halogens is 12. The fourth-order valence-electron chi connectivity index (χ4n) is 5.33. The van der Waals surface area contributed by atoms with E-state index in [1.807, 2.05) is 0 Å². The molecule has 0 aliphatic rings. The van der Waals surface area contributed by atoms with E-state index in [2.05, 4.69) is 25.8 Å². The third kappa shape index (κ3) is 13.6. The van der Waals surface area contributed by atoms with Crippen LogP contribution < -0.4 is 16.4 Å². The number of Topliss-reactive ketones (excluding diaryl/α,β-unsaturated/α-hetero) is 2. The molecule has 0 unspecified atom stereocenters. The molecule has 0 radical (unpaired) electrons. The molecule has 2 heterocycles. The Kier molecular flexibility index (Phi) is 16.4. The topological polar surface area (TPSA) is 166 Å². The monoisotopic (exact) mass is 928 g/mol. The minimum atomic E-state index is -4.97. The van der Waals surface area contributed by atoms with Crippen LogP contribution in [-0.4, -0.2) is 43.2 Å². The molecule has 2 aromatic heterocycles. The van der Waals surface area contributed by atoms with Crippen molar-refractivity contribution >= 4 is 46.7 Å². The largest absolute Gasteiger partial charge is 0.435 e. The van der Waals surface area contributed by atoms with Crippen LogP contribution in [0.1, 0.15) is 64.5 Å². The van der Waals surface area contributed by atoms with Crippen LogP contribution in [0, 0.1) is 0 Å². The Balaban J connectivity index is 0.000000289. The van der Waals surface area contributed by atoms with Crippen LogP contribution >= 0.6 is 0 Å². The maximum absolute atomic E-state index is 13.4. The normalized spacial score (nSPS) is 11.4. The maximum atomic E-state index is 13.4. The number of carbonyl (C=O) groups is 3. The number of aromatic nitrogens is 4. The van der Waals surface area contributed by atoms with Crippen LogP contribution in [-0.2, 0) is 29.5 Å². The number of ketones is 2. The summed E-state index contributed by atoms with van der Waals surface area (Å²) in [6, 6.07) is 20.2. The van der Waals surface area contributed by atoms with Crippen molar-refractivity contribution < 1.29 is 71.9 Å². The van der Waals surface area contributed by atoms with Gasteiger partial charge < -0.3 is 11.1 Å². The lowest BCUT2D eigenvalue weighted by Crippen LogP contribution is -2.22. The molecule has 2 amide bonds. The molecule has 24 heteroatoms. The summed E-state index contributed by atoms with van der Waals surface area (Å²) in [6.07, 6.45) is -18.0. The highest BCUT2D eigenvalue weighted by Gasteiger charge is 2.39. The average molecular weight is 929 g/mol. The summed E-state index contributed by atoms with van der Waals surface area (Å²) < 4.78 is 156. The van der Waals surface area contributed by atoms with Crippen LogP contribution in [0.15, 0.2) is 114 Å². The van der Waals surface area contributed by atoms with Gasteiger partial charge in [-0.3, -0.25) is 14.9 Å². The van der Waals surface area contributed by atoms with Gasteiger partial charge in [-0.25, -0.2) is 19.0 Å². The van der Waals surface area contributed by atoms with Gasteiger partial charge in [-0.1, -0.05) is 56.0 Å². The molecule has 4 N–H and O–H groups in total. The molecule has 12 nitrogen and oxygen atoms in total. The van der Waals surface area contributed by atoms with E-state index in [-0.39, 0.29) is 30.2 Å². The molecule has 0 atom stereocenters. The van der Waals surface area contributed by atoms with Crippen molar-refractivity contribution in [3.8, 4) is 11.4 Å². The number of nitrogens with zero attached hydrogens (tertiary/aromatic N) is 5. The number of nitrogens with two attached hydrogens (primary N) is 1. The Bertz CT molecular complexity index is 2670. The second kappa shape index (κ2) is 20.6. The Hall–Kier alpha value is -7.75. The molecule has 6 aromatic rings. The molecule has 0 aliphatic carbocycles. The number of nitrogens with one attached hydrogen (secondary N) is 2. The molecule has 344 valence electrons. The third-order valence-electron chi connectivity index (χ3n) is 8.12. The molecule has 0 saturated heterocycles. The molecular weight excluding hydrogens is 896 g/mol. The van der Waals surface area contributed by atoms with Crippen LogP contribution in [0.2, 0.25) is 0 Å². The van der Waals surface area contributed by atoms with Crippen LogP contribution in [0.4, 0.5) is 80.5 Å². The van der Waals surface area contributed by atoms with Gasteiger partial charge >= 0.3 is 30.7 Å². The summed E-state index contributed by atoms with van der Waals surface area (Å²) in [5.41, 5.74) is 0.0708. The number of alkyl halides is 12. The molecule has 0 aliphatic heterocycles. The summed E-state index contributed by atoms with van der Waals surface area (Å²) in [7, 11) is 0. The molecule has 0 spiro atoms. The number of urea groups is 1. The minimum absolute atomic E-state index is 0. The molecule has 0 saturated carbocycles. The van der Waals surface area contributed by atoms with Gasteiger partial charge in [0.15, 0.2) is 23.0 Å². The van der Waals surface area contributed by atoms with Crippen molar-refractivity contribution in [2.45, 2.75) is 46.0 Å². The van der Waals surface area contributed by atoms with Crippen molar-refractivity contribution in [2.75, 3.05) is 16.4 Å². The summed E-state index contributed by atoms with van der Waals surface area (Å²) in [5.74, 6) is -1.57. The minimum Gasteiger partial charge on any atom is -0.384 e. The standard InChI is InChI=1S/C20H14F6N4O2.C11H7F6N3.C9H7NO2.CH4/c1-11(31)12-5-4-6-13(9-12)27-18(32)28-17-10-16(20(24,25)26)29-30(17)15-8-3-2-7-14(15)19(21,22)23;12-10(13,14)6-3-1-2-4-7(6)20-9(18)5-8(19-20)11(15,16)17;1-7(12)8-4-2-3-5-9(8)10-6-11;/h2-10H,1H3,(H2,27,28,32);1-5H,18H2;2-5H,1H3;1H4. The van der Waals surface area contributed by atoms with Gasteiger partial charge in [0, 0.05) is 28.9 Å². The Morgan fingerprint density at radius 2 is 1.09 bits per heavy atom. The van der Waals surface area contributed by atoms with Gasteiger partial charge in [-0.2, -0.15) is 67.9 Å². The van der Waals surface area contributed by atoms with Gasteiger partial charge in [0.05, 0.1) is 28.2 Å². The highest BCUT2D eigenvalue weighted by atomic mass is 19.4. The zero-order valence-corrected chi connectivity index (χ0v) is 32.4. The summed E-state index contributed by atoms with van der Waals surface area (Å²) >= 11 is 0. The number of isocyanates is 1. The summed E-state index contributed by atoms with van der Waals surface area (Å²) in [4.78, 5) is 48.1. The Morgan fingerprint density at radius 1 is 0.600 bits per heavy atom. The quantitative estimate of drug-likeness (QED) is 0.0620. The van der Waals surface area contributed by atoms with Crippen LogP contribution in [0.5, 0.6) is 0 Å². The lowest BCUT2D eigenvalue weighted by Gasteiger charge is -2.15. The van der Waals surface area contributed by atoms with E-state index < -0.39 is 76.3 Å². The lowest BCUT2D eigenvalue weighted by atomic mass is 10.1. The molecular formula is C41H32F12N8O4. The number of amides is 2. The van der Waals surface area contributed by atoms with Crippen molar-refractivity contribution in [3.63, 3.8) is 0 Å². The number of nitrogen functional groups attached to an aromatic ring is 1. The highest BCUT2D eigenvalue weighted by Crippen LogP contribution is 2.38. The lowest BCUT2D eigenvalue weighted by molar-refractivity contribution is -0.142. The first-order chi connectivity index (χ1) is 29.7. The van der Waals surface area contributed by atoms with Gasteiger partial charge in [-0.15, -0.1) is 0 Å². The fourth-order valence-corrected chi connectivity index (χ4v) is 5.33. The van der Waals surface area contributed by atoms with Crippen LogP contribution in [0.25, 0.3) is 11.4 Å². The number of hydrogen-bond donors (Lipinski definition) is 3. The molecule has 4 aromatic carbocycles. The van der Waals surface area contributed by atoms with Crippen molar-refractivity contribution in [1.82, 2.24) is 19.6 Å². The zero-order chi connectivity index (χ0) is 47.8. The maximum Gasteiger partial charge on any atom is 0.435 e. The highest BCUT2D eigenvalue weighted by molar-refractivity contribution is 6.01. The number of benzene rings is 4. The van der Waals surface area contributed by atoms with Gasteiger partial charge in [0.2, 0.25) is 6.08 Å². The number of rotatable bonds is 7. The first-order valence-corrected chi connectivity index (χ1v) is 17.5. The van der Waals surface area contributed by atoms with E-state index >= 15 is 0 Å². The first kappa shape index (κ1) is 51.6. The van der Waals surface area contributed by atoms with E-state index in [1.54, 1.807) is 24.3 Å². The number of hydrogen-bond acceptors (Lipinski definition) is 8. The predicted octanol–water partition coefficient (Wildman–Crippen LogP) is 11.7. The SMILES string of the molecule is C.CC(=O)c1cccc(NC(=O)Nc2cc(C(F)(F)F)nn2-c2ccccc2C(F)(F)F)c1.CC(=O)c1ccccc1N=C=O.Nc1cc(C(F)(F)F)nn1-c1ccccc1C(F)(F)F. The number of aliphatic imine (C=N–C) groups is 1. The second-order valence-electron chi connectivity index (χ2n) is 12.7. The van der Waals surface area contributed by atoms with E-state index in [0.29, 0.717) is 38.8 Å². The third-order valence-corrected chi connectivity index (χ3v) is 8.12. The number of para-hydroxylation sites is 3. The number of carbonyl (C=O) groups excluding carboxylic acids is 4. The Labute approximate surface area is 359 Å². The van der Waals surface area contributed by atoms with E-state index in [1.165, 1.54) is 56.3 Å². The average Bonchev–Trinajstić information content (AvgIpc) is 3.82. The van der Waals surface area contributed by atoms with Gasteiger partial charge in [-0.05, 0) is 62.4 Å².